The zero-order valence-electron chi connectivity index (χ0n) is 10.6. The highest BCUT2D eigenvalue weighted by atomic mass is 32.1. The van der Waals surface area contributed by atoms with Gasteiger partial charge in [-0.3, -0.25) is 19.3 Å². The molecule has 21 heavy (non-hydrogen) atoms. The van der Waals surface area contributed by atoms with Crippen molar-refractivity contribution in [1.29, 1.82) is 0 Å². The van der Waals surface area contributed by atoms with Crippen LogP contribution in [0.2, 0.25) is 0 Å². The minimum Gasteiger partial charge on any atom is -0.344 e. The summed E-state index contributed by atoms with van der Waals surface area (Å²) in [6.07, 6.45) is 1.80. The number of carbonyl (C=O) groups excluding carboxylic acids is 1. The van der Waals surface area contributed by atoms with Gasteiger partial charge in [0.1, 0.15) is 0 Å². The lowest BCUT2D eigenvalue weighted by atomic mass is 10.4. The molecule has 0 fully saturated rings. The van der Waals surface area contributed by atoms with Crippen molar-refractivity contribution in [2.45, 2.75) is 6.54 Å². The summed E-state index contributed by atoms with van der Waals surface area (Å²) in [7, 11) is 0. The first-order valence-electron chi connectivity index (χ1n) is 5.96. The molecule has 8 nitrogen and oxygen atoms in total. The Kier molecular flexibility index (Phi) is 3.32. The molecule has 106 valence electrons. The highest BCUT2D eigenvalue weighted by molar-refractivity contribution is 7.17. The molecule has 1 N–H and O–H groups in total. The number of thiophene rings is 1. The van der Waals surface area contributed by atoms with E-state index in [1.54, 1.807) is 16.7 Å². The average molecular weight is 303 g/mol. The molecule has 0 saturated carbocycles. The minimum atomic E-state index is -0.520. The van der Waals surface area contributed by atoms with Crippen LogP contribution in [-0.2, 0) is 6.54 Å². The van der Waals surface area contributed by atoms with Crippen LogP contribution in [0, 0.1) is 10.1 Å². The average Bonchev–Trinajstić information content (AvgIpc) is 3.12. The summed E-state index contributed by atoms with van der Waals surface area (Å²) in [5, 5.41) is 21.2. The number of nitrogens with zero attached hydrogens (tertiary/aromatic N) is 4. The van der Waals surface area contributed by atoms with Gasteiger partial charge in [0.25, 0.3) is 5.91 Å². The molecule has 3 heterocycles. The van der Waals surface area contributed by atoms with Crippen molar-refractivity contribution < 1.29 is 9.72 Å². The van der Waals surface area contributed by atoms with Gasteiger partial charge in [0.05, 0.1) is 16.3 Å². The third-order valence-electron chi connectivity index (χ3n) is 2.79. The van der Waals surface area contributed by atoms with Crippen LogP contribution in [0.25, 0.3) is 5.65 Å². The predicted octanol–water partition coefficient (Wildman–Crippen LogP) is 1.63. The Morgan fingerprint density at radius 2 is 2.19 bits per heavy atom. The number of carbonyl (C=O) groups is 1. The second-order valence-corrected chi connectivity index (χ2v) is 5.18. The number of rotatable bonds is 4. The van der Waals surface area contributed by atoms with Crippen LogP contribution in [0.3, 0.4) is 0 Å². The Morgan fingerprint density at radius 1 is 1.33 bits per heavy atom. The maximum atomic E-state index is 11.9. The van der Waals surface area contributed by atoms with Crippen molar-refractivity contribution in [3.63, 3.8) is 0 Å². The number of aromatic nitrogens is 3. The molecule has 0 aromatic carbocycles. The number of nitrogens with one attached hydrogen (secondary N) is 1. The van der Waals surface area contributed by atoms with E-state index in [-0.39, 0.29) is 22.3 Å². The molecule has 0 radical (unpaired) electrons. The van der Waals surface area contributed by atoms with Gasteiger partial charge in [0, 0.05) is 12.3 Å². The fourth-order valence-corrected chi connectivity index (χ4v) is 2.54. The molecule has 9 heteroatoms. The number of fused-ring (bicyclic) bond motifs is 1. The van der Waals surface area contributed by atoms with Crippen LogP contribution in [-0.4, -0.2) is 25.4 Å². The normalized spacial score (nSPS) is 10.7. The molecule has 0 bridgehead atoms. The summed E-state index contributed by atoms with van der Waals surface area (Å²) in [5.41, 5.74) is 0.688. The van der Waals surface area contributed by atoms with Crippen LogP contribution in [0.5, 0.6) is 0 Å². The van der Waals surface area contributed by atoms with Crippen LogP contribution in [0.4, 0.5) is 5.00 Å². The van der Waals surface area contributed by atoms with Crippen molar-refractivity contribution in [3.05, 3.63) is 57.3 Å². The summed E-state index contributed by atoms with van der Waals surface area (Å²) in [6.45, 7) is 0.190. The van der Waals surface area contributed by atoms with Gasteiger partial charge in [0.15, 0.2) is 11.5 Å². The van der Waals surface area contributed by atoms with Crippen LogP contribution in [0.15, 0.2) is 36.5 Å². The number of amides is 1. The SMILES string of the molecule is O=C(NCc1nnc2ccccn12)c1ccc([N+](=O)[O-])s1. The number of hydrogen-bond donors (Lipinski definition) is 1. The molecule has 3 aromatic heterocycles. The Labute approximate surface area is 122 Å². The van der Waals surface area contributed by atoms with E-state index in [1.807, 2.05) is 12.1 Å². The van der Waals surface area contributed by atoms with Crippen molar-refractivity contribution >= 4 is 27.9 Å². The lowest BCUT2D eigenvalue weighted by Crippen LogP contribution is -2.23. The predicted molar refractivity (Wildman–Crippen MR) is 75.1 cm³/mol. The highest BCUT2D eigenvalue weighted by Gasteiger charge is 2.15. The monoisotopic (exact) mass is 303 g/mol. The van der Waals surface area contributed by atoms with Gasteiger partial charge in [-0.2, -0.15) is 0 Å². The lowest BCUT2D eigenvalue weighted by Gasteiger charge is -2.01. The van der Waals surface area contributed by atoms with E-state index in [4.69, 9.17) is 0 Å². The Hall–Kier alpha value is -2.81. The first kappa shape index (κ1) is 13.2. The summed E-state index contributed by atoms with van der Waals surface area (Å²) >= 11 is 0.836. The van der Waals surface area contributed by atoms with Gasteiger partial charge < -0.3 is 5.32 Å². The van der Waals surface area contributed by atoms with Gasteiger partial charge >= 0.3 is 5.00 Å². The smallest absolute Gasteiger partial charge is 0.324 e. The van der Waals surface area contributed by atoms with Gasteiger partial charge in [-0.25, -0.2) is 0 Å². The molecule has 0 aliphatic rings. The second-order valence-electron chi connectivity index (χ2n) is 4.12. The third-order valence-corrected chi connectivity index (χ3v) is 3.82. The molecular weight excluding hydrogens is 294 g/mol. The topological polar surface area (TPSA) is 102 Å². The third kappa shape index (κ3) is 2.58. The number of pyridine rings is 1. The number of nitro groups is 1. The lowest BCUT2D eigenvalue weighted by molar-refractivity contribution is -0.380. The maximum absolute atomic E-state index is 11.9. The molecular formula is C12H9N5O3S. The van der Waals surface area contributed by atoms with Crippen molar-refractivity contribution in [2.75, 3.05) is 0 Å². The molecule has 0 atom stereocenters. The van der Waals surface area contributed by atoms with Gasteiger partial charge in [-0.05, 0) is 18.2 Å². The first-order chi connectivity index (χ1) is 10.1. The van der Waals surface area contributed by atoms with E-state index in [1.165, 1.54) is 12.1 Å². The highest BCUT2D eigenvalue weighted by Crippen LogP contribution is 2.23. The zero-order chi connectivity index (χ0) is 14.8. The van der Waals surface area contributed by atoms with Crippen molar-refractivity contribution in [1.82, 2.24) is 19.9 Å². The van der Waals surface area contributed by atoms with Crippen molar-refractivity contribution in [2.24, 2.45) is 0 Å². The molecule has 0 aliphatic heterocycles. The molecule has 0 saturated heterocycles. The molecule has 1 amide bonds. The van der Waals surface area contributed by atoms with E-state index < -0.39 is 4.92 Å². The van der Waals surface area contributed by atoms with E-state index in [0.717, 1.165) is 11.3 Å². The second kappa shape index (κ2) is 5.29. The van der Waals surface area contributed by atoms with E-state index in [9.17, 15) is 14.9 Å². The van der Waals surface area contributed by atoms with Gasteiger partial charge in [-0.15, -0.1) is 10.2 Å². The van der Waals surface area contributed by atoms with Crippen LogP contribution >= 0.6 is 11.3 Å². The molecule has 0 unspecified atom stereocenters. The largest absolute Gasteiger partial charge is 0.344 e. The zero-order valence-corrected chi connectivity index (χ0v) is 11.4. The number of hydrogen-bond acceptors (Lipinski definition) is 6. The van der Waals surface area contributed by atoms with Gasteiger partial charge in [-0.1, -0.05) is 17.4 Å². The molecule has 3 rings (SSSR count). The Morgan fingerprint density at radius 3 is 2.95 bits per heavy atom. The maximum Gasteiger partial charge on any atom is 0.324 e. The van der Waals surface area contributed by atoms with Crippen LogP contribution in [0.1, 0.15) is 15.5 Å². The standard InChI is InChI=1S/C12H9N5O3S/c18-12(8-4-5-11(21-8)17(19)20)13-7-10-15-14-9-3-1-2-6-16(9)10/h1-6H,7H2,(H,13,18). The molecule has 0 spiro atoms. The summed E-state index contributed by atoms with van der Waals surface area (Å²) in [6, 6.07) is 8.23. The van der Waals surface area contributed by atoms with Gasteiger partial charge in [0.2, 0.25) is 0 Å². The van der Waals surface area contributed by atoms with E-state index in [2.05, 4.69) is 15.5 Å². The van der Waals surface area contributed by atoms with E-state index >= 15 is 0 Å². The van der Waals surface area contributed by atoms with Crippen molar-refractivity contribution in [3.8, 4) is 0 Å². The van der Waals surface area contributed by atoms with E-state index in [0.29, 0.717) is 11.5 Å². The minimum absolute atomic E-state index is 0.0620. The first-order valence-corrected chi connectivity index (χ1v) is 6.78. The molecule has 0 aliphatic carbocycles. The summed E-state index contributed by atoms with van der Waals surface area (Å²) in [4.78, 5) is 22.3. The Bertz CT molecular complexity index is 825. The van der Waals surface area contributed by atoms with Crippen LogP contribution < -0.4 is 5.32 Å². The summed E-state index contributed by atoms with van der Waals surface area (Å²) < 4.78 is 1.76. The molecule has 3 aromatic rings. The Balaban J connectivity index is 1.72. The quantitative estimate of drug-likeness (QED) is 0.583. The fourth-order valence-electron chi connectivity index (χ4n) is 1.81. The summed E-state index contributed by atoms with van der Waals surface area (Å²) in [5.74, 6) is 0.214. The fraction of sp³-hybridized carbons (Fsp3) is 0.0833.